The highest BCUT2D eigenvalue weighted by Crippen LogP contribution is 2.39. The maximum absolute atomic E-state index is 13.8. The largest absolute Gasteiger partial charge is 0.359 e. The van der Waals surface area contributed by atoms with Crippen LogP contribution in [0.5, 0.6) is 0 Å². The Kier molecular flexibility index (Phi) is 3.74. The van der Waals surface area contributed by atoms with E-state index >= 15 is 0 Å². The molecule has 1 saturated carbocycles. The van der Waals surface area contributed by atoms with Crippen LogP contribution in [0.3, 0.4) is 0 Å². The maximum atomic E-state index is 13.8. The van der Waals surface area contributed by atoms with Gasteiger partial charge in [-0.1, -0.05) is 6.07 Å². The number of aromatic amines is 2. The van der Waals surface area contributed by atoms with Gasteiger partial charge in [-0.3, -0.25) is 5.10 Å². The minimum Gasteiger partial charge on any atom is -0.359 e. The minimum atomic E-state index is -0.259. The van der Waals surface area contributed by atoms with Gasteiger partial charge in [0.15, 0.2) is 5.82 Å². The first-order valence-electron chi connectivity index (χ1n) is 8.90. The van der Waals surface area contributed by atoms with Gasteiger partial charge in [0.1, 0.15) is 11.6 Å². The predicted octanol–water partition coefficient (Wildman–Crippen LogP) is 4.05. The molecule has 8 heteroatoms. The Morgan fingerprint density at radius 1 is 1.15 bits per heavy atom. The average Bonchev–Trinajstić information content (AvgIpc) is 3.21. The smallest absolute Gasteiger partial charge is 0.224 e. The minimum absolute atomic E-state index is 0.259. The van der Waals surface area contributed by atoms with E-state index < -0.39 is 0 Å². The lowest BCUT2D eigenvalue weighted by molar-refractivity contribution is 0.637. The molecule has 0 saturated heterocycles. The van der Waals surface area contributed by atoms with E-state index in [2.05, 4.69) is 35.8 Å². The highest BCUT2D eigenvalue weighted by atomic mass is 19.1. The van der Waals surface area contributed by atoms with Crippen molar-refractivity contribution in [3.05, 3.63) is 59.8 Å². The summed E-state index contributed by atoms with van der Waals surface area (Å²) >= 11 is 0. The molecule has 1 aliphatic rings. The number of hydrogen-bond acceptors (Lipinski definition) is 5. The summed E-state index contributed by atoms with van der Waals surface area (Å²) in [5.74, 6) is 2.26. The summed E-state index contributed by atoms with van der Waals surface area (Å²) in [6.07, 6.45) is 5.86. The summed E-state index contributed by atoms with van der Waals surface area (Å²) in [7, 11) is 0. The highest BCUT2D eigenvalue weighted by molar-refractivity contribution is 5.83. The molecule has 4 N–H and O–H groups in total. The van der Waals surface area contributed by atoms with Gasteiger partial charge < -0.3 is 15.6 Å². The van der Waals surface area contributed by atoms with Crippen molar-refractivity contribution in [3.63, 3.8) is 0 Å². The van der Waals surface area contributed by atoms with E-state index in [1.807, 2.05) is 12.1 Å². The van der Waals surface area contributed by atoms with Crippen LogP contribution >= 0.6 is 0 Å². The zero-order valence-electron chi connectivity index (χ0n) is 14.5. The van der Waals surface area contributed by atoms with Crippen LogP contribution in [0.15, 0.2) is 42.7 Å². The second-order valence-corrected chi connectivity index (χ2v) is 6.70. The number of benzene rings is 1. The number of nitrogens with one attached hydrogen (secondary N) is 4. The monoisotopic (exact) mass is 363 g/mol. The summed E-state index contributed by atoms with van der Waals surface area (Å²) in [6.45, 7) is 0.492. The average molecular weight is 363 g/mol. The van der Waals surface area contributed by atoms with Gasteiger partial charge in [-0.25, -0.2) is 9.37 Å². The zero-order valence-corrected chi connectivity index (χ0v) is 14.5. The first-order valence-corrected chi connectivity index (χ1v) is 8.90. The maximum Gasteiger partial charge on any atom is 0.224 e. The van der Waals surface area contributed by atoms with Crippen molar-refractivity contribution in [3.8, 4) is 0 Å². The molecule has 0 aliphatic heterocycles. The highest BCUT2D eigenvalue weighted by Gasteiger charge is 2.25. The van der Waals surface area contributed by atoms with Crippen molar-refractivity contribution in [2.45, 2.75) is 25.3 Å². The molecule has 5 rings (SSSR count). The lowest BCUT2D eigenvalue weighted by Crippen LogP contribution is -2.05. The van der Waals surface area contributed by atoms with Crippen LogP contribution in [-0.4, -0.2) is 25.1 Å². The molecular formula is C19H18FN7. The van der Waals surface area contributed by atoms with Crippen LogP contribution in [0.2, 0.25) is 0 Å². The number of H-pyrrole nitrogens is 2. The van der Waals surface area contributed by atoms with Crippen LogP contribution in [0.1, 0.15) is 30.0 Å². The standard InChI is InChI=1S/C19H18FN7/c20-14-4-3-12(13-5-7-21-18(13)14)10-23-19-22-8-6-16(25-19)24-17-9-15(26-27-17)11-1-2-11/h3-9,11,21H,1-2,10H2,(H3,22,23,24,25,26,27). The number of hydrogen-bond donors (Lipinski definition) is 4. The number of nitrogens with zero attached hydrogens (tertiary/aromatic N) is 3. The van der Waals surface area contributed by atoms with Crippen LogP contribution in [-0.2, 0) is 6.54 Å². The number of rotatable bonds is 6. The molecule has 0 radical (unpaired) electrons. The molecule has 1 fully saturated rings. The molecule has 4 aromatic rings. The van der Waals surface area contributed by atoms with Gasteiger partial charge in [-0.15, -0.1) is 0 Å². The predicted molar refractivity (Wildman–Crippen MR) is 101 cm³/mol. The van der Waals surface area contributed by atoms with Gasteiger partial charge in [0, 0.05) is 42.0 Å². The second kappa shape index (κ2) is 6.39. The van der Waals surface area contributed by atoms with Crippen LogP contribution < -0.4 is 10.6 Å². The molecular weight excluding hydrogens is 345 g/mol. The molecule has 3 heterocycles. The summed E-state index contributed by atoms with van der Waals surface area (Å²) in [5, 5.41) is 14.6. The fraction of sp³-hybridized carbons (Fsp3) is 0.211. The summed E-state index contributed by atoms with van der Waals surface area (Å²) in [5.41, 5.74) is 2.64. The van der Waals surface area contributed by atoms with E-state index in [9.17, 15) is 4.39 Å². The third kappa shape index (κ3) is 3.21. The van der Waals surface area contributed by atoms with Crippen LogP contribution in [0.25, 0.3) is 10.9 Å². The Balaban J connectivity index is 1.29. The fourth-order valence-electron chi connectivity index (χ4n) is 3.16. The van der Waals surface area contributed by atoms with E-state index in [0.717, 1.165) is 22.5 Å². The van der Waals surface area contributed by atoms with Crippen LogP contribution in [0.4, 0.5) is 22.0 Å². The summed E-state index contributed by atoms with van der Waals surface area (Å²) in [4.78, 5) is 11.6. The lowest BCUT2D eigenvalue weighted by atomic mass is 10.1. The lowest BCUT2D eigenvalue weighted by Gasteiger charge is -2.08. The molecule has 0 spiro atoms. The van der Waals surface area contributed by atoms with Gasteiger partial charge in [0.05, 0.1) is 5.52 Å². The molecule has 27 heavy (non-hydrogen) atoms. The van der Waals surface area contributed by atoms with Gasteiger partial charge >= 0.3 is 0 Å². The molecule has 0 atom stereocenters. The first kappa shape index (κ1) is 15.8. The first-order chi connectivity index (χ1) is 13.3. The van der Waals surface area contributed by atoms with Crippen LogP contribution in [0, 0.1) is 5.82 Å². The number of halogens is 1. The Morgan fingerprint density at radius 3 is 2.96 bits per heavy atom. The van der Waals surface area contributed by atoms with E-state index in [4.69, 9.17) is 0 Å². The van der Waals surface area contributed by atoms with Crippen molar-refractivity contribution >= 4 is 28.5 Å². The Bertz CT molecular complexity index is 1100. The van der Waals surface area contributed by atoms with Crippen molar-refractivity contribution in [1.82, 2.24) is 25.1 Å². The summed E-state index contributed by atoms with van der Waals surface area (Å²) < 4.78 is 13.8. The van der Waals surface area contributed by atoms with Crippen molar-refractivity contribution in [2.24, 2.45) is 0 Å². The third-order valence-corrected chi connectivity index (χ3v) is 4.73. The fourth-order valence-corrected chi connectivity index (χ4v) is 3.16. The molecule has 3 aromatic heterocycles. The molecule has 0 bridgehead atoms. The molecule has 0 amide bonds. The molecule has 136 valence electrons. The van der Waals surface area contributed by atoms with E-state index in [0.29, 0.717) is 29.7 Å². The summed E-state index contributed by atoms with van der Waals surface area (Å²) in [6, 6.07) is 8.91. The number of fused-ring (bicyclic) bond motifs is 1. The van der Waals surface area contributed by atoms with Gasteiger partial charge in [0.25, 0.3) is 0 Å². The third-order valence-electron chi connectivity index (χ3n) is 4.73. The molecule has 1 aromatic carbocycles. The van der Waals surface area contributed by atoms with Crippen molar-refractivity contribution in [2.75, 3.05) is 10.6 Å². The SMILES string of the molecule is Fc1ccc(CNc2nccc(Nc3cc(C4CC4)[nH]n3)n2)c2cc[nH]c12. The molecule has 7 nitrogen and oxygen atoms in total. The van der Waals surface area contributed by atoms with E-state index in [1.165, 1.54) is 18.9 Å². The quantitative estimate of drug-likeness (QED) is 0.415. The molecule has 0 unspecified atom stereocenters. The number of aromatic nitrogens is 5. The van der Waals surface area contributed by atoms with E-state index in [1.54, 1.807) is 24.5 Å². The normalized spacial score (nSPS) is 13.8. The van der Waals surface area contributed by atoms with Gasteiger partial charge in [0.2, 0.25) is 5.95 Å². The topological polar surface area (TPSA) is 94.3 Å². The Labute approximate surface area is 154 Å². The Morgan fingerprint density at radius 2 is 2.07 bits per heavy atom. The molecule has 1 aliphatic carbocycles. The zero-order chi connectivity index (χ0) is 18.2. The van der Waals surface area contributed by atoms with Crippen molar-refractivity contribution < 1.29 is 4.39 Å². The van der Waals surface area contributed by atoms with Gasteiger partial charge in [-0.05, 0) is 36.6 Å². The second-order valence-electron chi connectivity index (χ2n) is 6.70. The van der Waals surface area contributed by atoms with Crippen molar-refractivity contribution in [1.29, 1.82) is 0 Å². The number of anilines is 3. The Hall–Kier alpha value is -3.42. The van der Waals surface area contributed by atoms with E-state index in [-0.39, 0.29) is 5.82 Å². The van der Waals surface area contributed by atoms with Gasteiger partial charge in [-0.2, -0.15) is 10.1 Å².